The molecule has 0 unspecified atom stereocenters. The molecule has 0 radical (unpaired) electrons. The summed E-state index contributed by atoms with van der Waals surface area (Å²) in [5.41, 5.74) is 2.78. The molecule has 0 fully saturated rings. The summed E-state index contributed by atoms with van der Waals surface area (Å²) in [6, 6.07) is 13.8. The molecule has 0 aromatic heterocycles. The van der Waals surface area contributed by atoms with Gasteiger partial charge in [-0.2, -0.15) is 18.3 Å². The Bertz CT molecular complexity index is 664. The van der Waals surface area contributed by atoms with Gasteiger partial charge in [0.15, 0.2) is 0 Å². The van der Waals surface area contributed by atoms with E-state index < -0.39 is 17.6 Å². The molecule has 2 rings (SSSR count). The first kappa shape index (κ1) is 16.7. The van der Waals surface area contributed by atoms with Gasteiger partial charge in [-0.25, -0.2) is 5.43 Å². The minimum Gasteiger partial charge on any atom is -0.267 e. The molecule has 2 aromatic rings. The number of hydrazone groups is 1. The van der Waals surface area contributed by atoms with E-state index in [-0.39, 0.29) is 5.56 Å². The second-order valence-electron chi connectivity index (χ2n) is 4.85. The molecule has 0 saturated heterocycles. The maximum Gasteiger partial charge on any atom is 0.416 e. The fourth-order valence-corrected chi connectivity index (χ4v) is 1.92. The summed E-state index contributed by atoms with van der Waals surface area (Å²) in [4.78, 5) is 11.7. The van der Waals surface area contributed by atoms with Gasteiger partial charge in [0, 0.05) is 11.8 Å². The van der Waals surface area contributed by atoms with Gasteiger partial charge >= 0.3 is 6.18 Å². The van der Waals surface area contributed by atoms with Crippen LogP contribution in [0.25, 0.3) is 0 Å². The van der Waals surface area contributed by atoms with Crippen molar-refractivity contribution < 1.29 is 18.0 Å². The lowest BCUT2D eigenvalue weighted by molar-refractivity contribution is -0.137. The van der Waals surface area contributed by atoms with Gasteiger partial charge in [-0.15, -0.1) is 0 Å². The smallest absolute Gasteiger partial charge is 0.267 e. The molecule has 0 atom stereocenters. The Hall–Kier alpha value is -2.63. The van der Waals surface area contributed by atoms with E-state index in [0.717, 1.165) is 36.2 Å². The van der Waals surface area contributed by atoms with E-state index in [1.807, 2.05) is 30.3 Å². The Morgan fingerprint density at radius 3 is 2.30 bits per heavy atom. The number of benzene rings is 2. The van der Waals surface area contributed by atoms with Gasteiger partial charge in [0.1, 0.15) is 0 Å². The van der Waals surface area contributed by atoms with Crippen LogP contribution in [0.4, 0.5) is 13.2 Å². The van der Waals surface area contributed by atoms with Gasteiger partial charge in [-0.1, -0.05) is 30.3 Å². The molecule has 1 N–H and O–H groups in total. The second-order valence-corrected chi connectivity index (χ2v) is 4.85. The molecule has 0 aliphatic carbocycles. The van der Waals surface area contributed by atoms with Gasteiger partial charge in [0.25, 0.3) is 5.91 Å². The molecule has 0 aliphatic heterocycles. The lowest BCUT2D eigenvalue weighted by Gasteiger charge is -2.06. The largest absolute Gasteiger partial charge is 0.416 e. The van der Waals surface area contributed by atoms with Crippen molar-refractivity contribution in [3.8, 4) is 0 Å². The molecule has 23 heavy (non-hydrogen) atoms. The summed E-state index contributed by atoms with van der Waals surface area (Å²) in [6.07, 6.45) is -1.41. The second kappa shape index (κ2) is 7.58. The lowest BCUT2D eigenvalue weighted by Crippen LogP contribution is -2.17. The third-order valence-electron chi connectivity index (χ3n) is 3.14. The number of rotatable bonds is 5. The molecule has 1 amide bonds. The van der Waals surface area contributed by atoms with Crippen molar-refractivity contribution >= 4 is 12.1 Å². The molecular weight excluding hydrogens is 305 g/mol. The number of alkyl halides is 3. The first-order valence-corrected chi connectivity index (χ1v) is 7.00. The van der Waals surface area contributed by atoms with Crippen molar-refractivity contribution in [1.29, 1.82) is 0 Å². The third-order valence-corrected chi connectivity index (χ3v) is 3.14. The van der Waals surface area contributed by atoms with Crippen molar-refractivity contribution in [2.24, 2.45) is 5.10 Å². The van der Waals surface area contributed by atoms with Crippen LogP contribution in [0.2, 0.25) is 0 Å². The van der Waals surface area contributed by atoms with Crippen LogP contribution >= 0.6 is 0 Å². The van der Waals surface area contributed by atoms with Crippen LogP contribution < -0.4 is 5.43 Å². The highest BCUT2D eigenvalue weighted by molar-refractivity contribution is 5.94. The monoisotopic (exact) mass is 320 g/mol. The predicted octanol–water partition coefficient (Wildman–Crippen LogP) is 4.05. The van der Waals surface area contributed by atoms with Gasteiger partial charge in [-0.05, 0) is 42.7 Å². The Morgan fingerprint density at radius 1 is 1.04 bits per heavy atom. The maximum absolute atomic E-state index is 12.4. The molecule has 0 bridgehead atoms. The zero-order chi connectivity index (χ0) is 16.7. The van der Waals surface area contributed by atoms with Crippen LogP contribution in [0, 0.1) is 0 Å². The standard InChI is InChI=1S/C17H15F3N2O/c18-17(19,20)15-10-8-14(9-11-15)16(23)22-21-12-4-7-13-5-2-1-3-6-13/h1-3,5-6,8-12H,4,7H2,(H,22,23)/b21-12+. The van der Waals surface area contributed by atoms with Gasteiger partial charge in [-0.3, -0.25) is 4.79 Å². The number of hydrogen-bond acceptors (Lipinski definition) is 2. The van der Waals surface area contributed by atoms with Crippen LogP contribution in [0.3, 0.4) is 0 Å². The first-order chi connectivity index (χ1) is 11.0. The van der Waals surface area contributed by atoms with E-state index in [2.05, 4.69) is 10.5 Å². The zero-order valence-corrected chi connectivity index (χ0v) is 12.2. The Morgan fingerprint density at radius 2 is 1.70 bits per heavy atom. The molecule has 2 aromatic carbocycles. The summed E-state index contributed by atoms with van der Waals surface area (Å²) < 4.78 is 37.3. The number of nitrogens with one attached hydrogen (secondary N) is 1. The SMILES string of the molecule is O=C(N/N=C/CCc1ccccc1)c1ccc(C(F)(F)F)cc1. The van der Waals surface area contributed by atoms with Crippen molar-refractivity contribution in [3.05, 3.63) is 71.3 Å². The van der Waals surface area contributed by atoms with Crippen molar-refractivity contribution in [1.82, 2.24) is 5.43 Å². The van der Waals surface area contributed by atoms with Crippen molar-refractivity contribution in [2.75, 3.05) is 0 Å². The number of hydrogen-bond donors (Lipinski definition) is 1. The molecule has 0 heterocycles. The average molecular weight is 320 g/mol. The van der Waals surface area contributed by atoms with E-state index in [0.29, 0.717) is 6.42 Å². The highest BCUT2D eigenvalue weighted by Gasteiger charge is 2.30. The van der Waals surface area contributed by atoms with E-state index in [4.69, 9.17) is 0 Å². The molecular formula is C17H15F3N2O. The molecule has 120 valence electrons. The number of amides is 1. The first-order valence-electron chi connectivity index (χ1n) is 7.00. The Labute approximate surface area is 131 Å². The number of halogens is 3. The summed E-state index contributed by atoms with van der Waals surface area (Å²) in [7, 11) is 0. The third kappa shape index (κ3) is 5.25. The molecule has 0 saturated carbocycles. The Kier molecular flexibility index (Phi) is 5.51. The molecule has 3 nitrogen and oxygen atoms in total. The molecule has 6 heteroatoms. The van der Waals surface area contributed by atoms with Crippen LogP contribution in [0.15, 0.2) is 59.7 Å². The predicted molar refractivity (Wildman–Crippen MR) is 82.2 cm³/mol. The zero-order valence-electron chi connectivity index (χ0n) is 12.2. The van der Waals surface area contributed by atoms with Crippen LogP contribution in [0.5, 0.6) is 0 Å². The number of nitrogens with zero attached hydrogens (tertiary/aromatic N) is 1. The topological polar surface area (TPSA) is 41.5 Å². The van der Waals surface area contributed by atoms with Gasteiger partial charge in [0.2, 0.25) is 0 Å². The normalized spacial score (nSPS) is 11.6. The van der Waals surface area contributed by atoms with Crippen LogP contribution in [-0.4, -0.2) is 12.1 Å². The number of carbonyl (C=O) groups excluding carboxylic acids is 1. The summed E-state index contributed by atoms with van der Waals surface area (Å²) >= 11 is 0. The minimum atomic E-state index is -4.41. The van der Waals surface area contributed by atoms with E-state index in [1.165, 1.54) is 0 Å². The molecule has 0 spiro atoms. The van der Waals surface area contributed by atoms with Crippen LogP contribution in [0.1, 0.15) is 27.9 Å². The van der Waals surface area contributed by atoms with Crippen LogP contribution in [-0.2, 0) is 12.6 Å². The van der Waals surface area contributed by atoms with Gasteiger partial charge < -0.3 is 0 Å². The highest BCUT2D eigenvalue weighted by atomic mass is 19.4. The lowest BCUT2D eigenvalue weighted by atomic mass is 10.1. The summed E-state index contributed by atoms with van der Waals surface area (Å²) in [5, 5.41) is 3.79. The Balaban J connectivity index is 1.81. The average Bonchev–Trinajstić information content (AvgIpc) is 2.54. The fraction of sp³-hybridized carbons (Fsp3) is 0.176. The van der Waals surface area contributed by atoms with E-state index in [9.17, 15) is 18.0 Å². The van der Waals surface area contributed by atoms with E-state index >= 15 is 0 Å². The minimum absolute atomic E-state index is 0.123. The number of carbonyl (C=O) groups is 1. The quantitative estimate of drug-likeness (QED) is 0.655. The van der Waals surface area contributed by atoms with Crippen molar-refractivity contribution in [3.63, 3.8) is 0 Å². The fourth-order valence-electron chi connectivity index (χ4n) is 1.92. The summed E-state index contributed by atoms with van der Waals surface area (Å²) in [6.45, 7) is 0. The maximum atomic E-state index is 12.4. The summed E-state index contributed by atoms with van der Waals surface area (Å²) in [5.74, 6) is -0.547. The number of aryl methyl sites for hydroxylation is 1. The van der Waals surface area contributed by atoms with Crippen molar-refractivity contribution in [2.45, 2.75) is 19.0 Å². The highest BCUT2D eigenvalue weighted by Crippen LogP contribution is 2.29. The molecule has 0 aliphatic rings. The van der Waals surface area contributed by atoms with E-state index in [1.54, 1.807) is 6.21 Å². The van der Waals surface area contributed by atoms with Gasteiger partial charge in [0.05, 0.1) is 5.56 Å².